The maximum Gasteiger partial charge on any atom is 0.187 e. The molecule has 2 aromatic rings. The van der Waals surface area contributed by atoms with Crippen LogP contribution in [0.1, 0.15) is 36.8 Å². The number of benzene rings is 1. The number of nitrogens with one attached hydrogen (secondary N) is 1. The predicted octanol–water partition coefficient (Wildman–Crippen LogP) is 2.80. The Morgan fingerprint density at radius 3 is 2.58 bits per heavy atom. The third kappa shape index (κ3) is 3.29. The Bertz CT molecular complexity index is 552. The van der Waals surface area contributed by atoms with E-state index >= 15 is 0 Å². The monoisotopic (exact) mass is 257 g/mol. The maximum absolute atomic E-state index is 8.64. The van der Waals surface area contributed by atoms with Crippen molar-refractivity contribution in [3.63, 3.8) is 0 Å². The van der Waals surface area contributed by atoms with Gasteiger partial charge in [-0.1, -0.05) is 48.4 Å². The van der Waals surface area contributed by atoms with E-state index in [1.807, 2.05) is 24.3 Å². The number of H-pyrrole nitrogens is 1. The van der Waals surface area contributed by atoms with Gasteiger partial charge in [0, 0.05) is 4.91 Å². The molecular weight excluding hydrogens is 242 g/mol. The molecule has 1 N–H and O–H groups in total. The van der Waals surface area contributed by atoms with Gasteiger partial charge in [-0.3, -0.25) is 0 Å². The minimum absolute atomic E-state index is 0.370. The fourth-order valence-electron chi connectivity index (χ4n) is 1.91. The highest BCUT2D eigenvalue weighted by Gasteiger charge is 2.16. The summed E-state index contributed by atoms with van der Waals surface area (Å²) in [6.45, 7) is 4.35. The average Bonchev–Trinajstić information content (AvgIpc) is 2.90. The second-order valence-corrected chi connectivity index (χ2v) is 4.72. The van der Waals surface area contributed by atoms with Crippen LogP contribution in [-0.2, 0) is 6.42 Å². The topological polar surface area (TPSA) is 103 Å². The second-order valence-electron chi connectivity index (χ2n) is 4.72. The number of azide groups is 1. The Hall–Kier alpha value is -2.40. The lowest BCUT2D eigenvalue weighted by Crippen LogP contribution is -2.01. The normalized spacial score (nSPS) is 12.2. The molecule has 1 aromatic carbocycles. The van der Waals surface area contributed by atoms with Crippen LogP contribution in [-0.4, -0.2) is 20.6 Å². The molecule has 1 heterocycles. The van der Waals surface area contributed by atoms with Crippen molar-refractivity contribution in [2.75, 3.05) is 0 Å². The number of rotatable bonds is 5. The van der Waals surface area contributed by atoms with Gasteiger partial charge in [-0.2, -0.15) is 5.21 Å². The first-order chi connectivity index (χ1) is 9.20. The Labute approximate surface area is 110 Å². The van der Waals surface area contributed by atoms with Gasteiger partial charge >= 0.3 is 0 Å². The van der Waals surface area contributed by atoms with Crippen molar-refractivity contribution in [2.24, 2.45) is 11.0 Å². The lowest BCUT2D eigenvalue weighted by Gasteiger charge is -2.09. The summed E-state index contributed by atoms with van der Waals surface area (Å²) in [6.07, 6.45) is 1.02. The number of hydrogen-bond acceptors (Lipinski definition) is 4. The van der Waals surface area contributed by atoms with Crippen LogP contribution in [0.5, 0.6) is 0 Å². The van der Waals surface area contributed by atoms with Crippen molar-refractivity contribution in [3.05, 3.63) is 51.7 Å². The quantitative estimate of drug-likeness (QED) is 0.506. The minimum Gasteiger partial charge on any atom is -0.177 e. The summed E-state index contributed by atoms with van der Waals surface area (Å²) < 4.78 is 0. The van der Waals surface area contributed by atoms with E-state index in [0.717, 1.165) is 12.0 Å². The molecule has 7 nitrogen and oxygen atoms in total. The molecule has 98 valence electrons. The third-order valence-corrected chi connectivity index (χ3v) is 2.71. The fraction of sp³-hybridized carbons (Fsp3) is 0.417. The number of aromatic amines is 1. The highest BCUT2D eigenvalue weighted by molar-refractivity contribution is 5.28. The van der Waals surface area contributed by atoms with Crippen molar-refractivity contribution >= 4 is 0 Å². The lowest BCUT2D eigenvalue weighted by atomic mass is 9.99. The van der Waals surface area contributed by atoms with E-state index in [1.165, 1.54) is 5.56 Å². The number of aromatic nitrogens is 4. The third-order valence-electron chi connectivity index (χ3n) is 2.71. The van der Waals surface area contributed by atoms with E-state index in [9.17, 15) is 0 Å². The first-order valence-electron chi connectivity index (χ1n) is 6.07. The smallest absolute Gasteiger partial charge is 0.177 e. The van der Waals surface area contributed by atoms with Gasteiger partial charge in [-0.25, -0.2) is 0 Å². The van der Waals surface area contributed by atoms with Gasteiger partial charge in [-0.15, -0.1) is 10.2 Å². The molecule has 1 atom stereocenters. The highest BCUT2D eigenvalue weighted by atomic mass is 15.5. The molecule has 7 heteroatoms. The molecule has 0 saturated heterocycles. The van der Waals surface area contributed by atoms with Crippen LogP contribution in [0.4, 0.5) is 0 Å². The van der Waals surface area contributed by atoms with Crippen molar-refractivity contribution in [2.45, 2.75) is 26.3 Å². The van der Waals surface area contributed by atoms with Crippen molar-refractivity contribution in [1.29, 1.82) is 0 Å². The maximum atomic E-state index is 8.64. The highest BCUT2D eigenvalue weighted by Crippen LogP contribution is 2.23. The largest absolute Gasteiger partial charge is 0.187 e. The van der Waals surface area contributed by atoms with Crippen LogP contribution >= 0.6 is 0 Å². The van der Waals surface area contributed by atoms with Crippen molar-refractivity contribution in [1.82, 2.24) is 20.6 Å². The minimum atomic E-state index is -0.545. The van der Waals surface area contributed by atoms with E-state index in [2.05, 4.69) is 44.5 Å². The Balaban J connectivity index is 2.26. The van der Waals surface area contributed by atoms with E-state index in [0.29, 0.717) is 11.7 Å². The summed E-state index contributed by atoms with van der Waals surface area (Å²) in [5.41, 5.74) is 10.8. The van der Waals surface area contributed by atoms with Gasteiger partial charge in [0.2, 0.25) is 0 Å². The summed E-state index contributed by atoms with van der Waals surface area (Å²) in [6, 6.07) is 7.41. The van der Waals surface area contributed by atoms with E-state index in [1.54, 1.807) is 0 Å². The summed E-state index contributed by atoms with van der Waals surface area (Å²) in [5.74, 6) is 0.977. The van der Waals surface area contributed by atoms with Crippen molar-refractivity contribution in [3.8, 4) is 0 Å². The fourth-order valence-corrected chi connectivity index (χ4v) is 1.91. The first-order valence-corrected chi connectivity index (χ1v) is 6.07. The zero-order valence-corrected chi connectivity index (χ0v) is 10.9. The molecule has 0 aliphatic carbocycles. The van der Waals surface area contributed by atoms with E-state index in [-0.39, 0.29) is 0 Å². The van der Waals surface area contributed by atoms with Crippen LogP contribution in [0, 0.1) is 5.92 Å². The molecular formula is C12H15N7. The molecule has 0 aliphatic heterocycles. The summed E-state index contributed by atoms with van der Waals surface area (Å²) in [7, 11) is 0. The van der Waals surface area contributed by atoms with Crippen LogP contribution < -0.4 is 0 Å². The van der Waals surface area contributed by atoms with Gasteiger partial charge in [-0.05, 0) is 29.0 Å². The van der Waals surface area contributed by atoms with Crippen LogP contribution in [0.25, 0.3) is 10.4 Å². The zero-order valence-electron chi connectivity index (χ0n) is 10.9. The van der Waals surface area contributed by atoms with Gasteiger partial charge < -0.3 is 0 Å². The molecule has 0 radical (unpaired) electrons. The van der Waals surface area contributed by atoms with Gasteiger partial charge in [0.25, 0.3) is 0 Å². The van der Waals surface area contributed by atoms with Crippen LogP contribution in [0.15, 0.2) is 29.4 Å². The van der Waals surface area contributed by atoms with Crippen molar-refractivity contribution < 1.29 is 0 Å². The molecule has 1 aromatic heterocycles. The Kier molecular flexibility index (Phi) is 4.10. The summed E-state index contributed by atoms with van der Waals surface area (Å²) in [5, 5.41) is 17.3. The number of tetrazole rings is 1. The molecule has 0 fully saturated rings. The molecule has 0 saturated carbocycles. The molecule has 0 aliphatic rings. The second kappa shape index (κ2) is 5.97. The van der Waals surface area contributed by atoms with E-state index in [4.69, 9.17) is 5.53 Å². The van der Waals surface area contributed by atoms with E-state index < -0.39 is 6.04 Å². The lowest BCUT2D eigenvalue weighted by molar-refractivity contribution is 0.647. The summed E-state index contributed by atoms with van der Waals surface area (Å²) in [4.78, 5) is 2.84. The standard InChI is InChI=1S/C12H15N7/c1-8(2)7-9-3-5-10(6-4-9)11(14-17-13)12-15-18-19-16-12/h3-6,8,11H,7H2,1-2H3,(H,15,16,18,19). The predicted molar refractivity (Wildman–Crippen MR) is 70.2 cm³/mol. The molecule has 0 spiro atoms. The van der Waals surface area contributed by atoms with Crippen LogP contribution in [0.3, 0.4) is 0 Å². The van der Waals surface area contributed by atoms with Gasteiger partial charge in [0.1, 0.15) is 6.04 Å². The SMILES string of the molecule is CC(C)Cc1ccc(C(N=[N+]=[N-])c2nn[nH]n2)cc1. The van der Waals surface area contributed by atoms with Crippen LogP contribution in [0.2, 0.25) is 0 Å². The number of hydrogen-bond donors (Lipinski definition) is 1. The molecule has 0 amide bonds. The molecule has 0 bridgehead atoms. The van der Waals surface area contributed by atoms with Gasteiger partial charge in [0.05, 0.1) is 0 Å². The average molecular weight is 257 g/mol. The summed E-state index contributed by atoms with van der Waals surface area (Å²) >= 11 is 0. The first kappa shape index (κ1) is 13.0. The zero-order chi connectivity index (χ0) is 13.7. The number of nitrogens with zero attached hydrogens (tertiary/aromatic N) is 6. The van der Waals surface area contributed by atoms with Gasteiger partial charge in [0.15, 0.2) is 5.82 Å². The Morgan fingerprint density at radius 1 is 1.32 bits per heavy atom. The Morgan fingerprint density at radius 2 is 2.05 bits per heavy atom. The molecule has 2 rings (SSSR count). The molecule has 19 heavy (non-hydrogen) atoms. The molecule has 1 unspecified atom stereocenters.